The van der Waals surface area contributed by atoms with Crippen molar-refractivity contribution in [3.05, 3.63) is 46.5 Å². The summed E-state index contributed by atoms with van der Waals surface area (Å²) in [5.41, 5.74) is 2.14. The Hall–Kier alpha value is -1.52. The number of benzene rings is 1. The van der Waals surface area contributed by atoms with Gasteiger partial charge in [0.15, 0.2) is 5.82 Å². The minimum Gasteiger partial charge on any atom is -0.307 e. The zero-order valence-corrected chi connectivity index (χ0v) is 9.63. The molecule has 17 heavy (non-hydrogen) atoms. The third kappa shape index (κ3) is 1.79. The molecule has 2 heterocycles. The lowest BCUT2D eigenvalue weighted by atomic mass is 10.2. The SMILES string of the molecule is Fc1ccccc1-c1nc(Cl)c2c(n1)CNC2. The third-order valence-corrected chi connectivity index (χ3v) is 3.06. The van der Waals surface area contributed by atoms with Crippen LogP contribution >= 0.6 is 11.6 Å². The summed E-state index contributed by atoms with van der Waals surface area (Å²) in [5.74, 6) is 0.00465. The van der Waals surface area contributed by atoms with Gasteiger partial charge in [0.1, 0.15) is 11.0 Å². The van der Waals surface area contributed by atoms with Gasteiger partial charge in [0, 0.05) is 18.7 Å². The highest BCUT2D eigenvalue weighted by atomic mass is 35.5. The second-order valence-corrected chi connectivity index (χ2v) is 4.20. The van der Waals surface area contributed by atoms with Gasteiger partial charge < -0.3 is 5.32 Å². The van der Waals surface area contributed by atoms with Gasteiger partial charge in [-0.3, -0.25) is 0 Å². The smallest absolute Gasteiger partial charge is 0.164 e. The van der Waals surface area contributed by atoms with Crippen molar-refractivity contribution in [2.45, 2.75) is 13.1 Å². The van der Waals surface area contributed by atoms with E-state index in [1.165, 1.54) is 6.07 Å². The van der Waals surface area contributed by atoms with Crippen molar-refractivity contribution in [2.24, 2.45) is 0 Å². The second-order valence-electron chi connectivity index (χ2n) is 3.85. The molecule has 0 unspecified atom stereocenters. The molecule has 2 aromatic rings. The van der Waals surface area contributed by atoms with E-state index >= 15 is 0 Å². The highest BCUT2D eigenvalue weighted by molar-refractivity contribution is 6.30. The third-order valence-electron chi connectivity index (χ3n) is 2.75. The molecule has 0 aliphatic carbocycles. The van der Waals surface area contributed by atoms with Crippen molar-refractivity contribution >= 4 is 11.6 Å². The van der Waals surface area contributed by atoms with Crippen LogP contribution in [0, 0.1) is 5.82 Å². The van der Waals surface area contributed by atoms with E-state index in [9.17, 15) is 4.39 Å². The van der Waals surface area contributed by atoms with Gasteiger partial charge in [-0.15, -0.1) is 0 Å². The van der Waals surface area contributed by atoms with Crippen molar-refractivity contribution in [1.82, 2.24) is 15.3 Å². The fraction of sp³-hybridized carbons (Fsp3) is 0.167. The van der Waals surface area contributed by atoms with Gasteiger partial charge in [-0.05, 0) is 12.1 Å². The molecule has 0 fully saturated rings. The maximum atomic E-state index is 13.6. The Labute approximate surface area is 103 Å². The minimum atomic E-state index is -0.338. The minimum absolute atomic E-state index is 0.338. The van der Waals surface area contributed by atoms with E-state index in [1.807, 2.05) is 0 Å². The van der Waals surface area contributed by atoms with Crippen molar-refractivity contribution < 1.29 is 4.39 Å². The highest BCUT2D eigenvalue weighted by Gasteiger charge is 2.19. The Bertz CT molecular complexity index is 586. The lowest BCUT2D eigenvalue weighted by molar-refractivity contribution is 0.630. The van der Waals surface area contributed by atoms with Crippen molar-refractivity contribution in [1.29, 1.82) is 0 Å². The topological polar surface area (TPSA) is 37.8 Å². The fourth-order valence-corrected chi connectivity index (χ4v) is 2.15. The van der Waals surface area contributed by atoms with E-state index in [1.54, 1.807) is 18.2 Å². The molecule has 5 heteroatoms. The Balaban J connectivity index is 2.17. The molecule has 0 radical (unpaired) electrons. The standard InChI is InChI=1S/C12H9ClFN3/c13-11-8-5-15-6-10(8)16-12(17-11)7-3-1-2-4-9(7)14/h1-4,15H,5-6H2. The number of fused-ring (bicyclic) bond motifs is 1. The first-order valence-electron chi connectivity index (χ1n) is 5.26. The molecule has 1 aromatic carbocycles. The largest absolute Gasteiger partial charge is 0.307 e. The van der Waals surface area contributed by atoms with Crippen LogP contribution in [-0.2, 0) is 13.1 Å². The maximum absolute atomic E-state index is 13.6. The molecule has 86 valence electrons. The van der Waals surface area contributed by atoms with Crippen LogP contribution < -0.4 is 5.32 Å². The molecule has 0 atom stereocenters. The van der Waals surface area contributed by atoms with Crippen LogP contribution in [0.5, 0.6) is 0 Å². The van der Waals surface area contributed by atoms with Gasteiger partial charge in [0.2, 0.25) is 0 Å². The molecular weight excluding hydrogens is 241 g/mol. The summed E-state index contributed by atoms with van der Waals surface area (Å²) in [6.45, 7) is 1.32. The van der Waals surface area contributed by atoms with E-state index < -0.39 is 0 Å². The van der Waals surface area contributed by atoms with Crippen LogP contribution in [0.1, 0.15) is 11.3 Å². The van der Waals surface area contributed by atoms with Crippen LogP contribution in [0.15, 0.2) is 24.3 Å². The average Bonchev–Trinajstić information content (AvgIpc) is 2.78. The lowest BCUT2D eigenvalue weighted by Crippen LogP contribution is -2.00. The maximum Gasteiger partial charge on any atom is 0.164 e. The summed E-state index contributed by atoms with van der Waals surface area (Å²) in [6, 6.07) is 6.42. The molecule has 0 saturated heterocycles. The Kier molecular flexibility index (Phi) is 2.53. The van der Waals surface area contributed by atoms with E-state index in [0.717, 1.165) is 11.3 Å². The summed E-state index contributed by atoms with van der Waals surface area (Å²) in [5, 5.41) is 3.54. The molecular formula is C12H9ClFN3. The molecule has 3 rings (SSSR count). The zero-order chi connectivity index (χ0) is 11.8. The fourth-order valence-electron chi connectivity index (χ4n) is 1.89. The zero-order valence-electron chi connectivity index (χ0n) is 8.87. The van der Waals surface area contributed by atoms with Crippen LogP contribution in [0.3, 0.4) is 0 Å². The van der Waals surface area contributed by atoms with Crippen LogP contribution in [0.25, 0.3) is 11.4 Å². The first kappa shape index (κ1) is 10.6. The predicted molar refractivity (Wildman–Crippen MR) is 63.0 cm³/mol. The second kappa shape index (κ2) is 4.05. The van der Waals surface area contributed by atoms with Gasteiger partial charge >= 0.3 is 0 Å². The molecule has 0 saturated carbocycles. The Morgan fingerprint density at radius 2 is 2.00 bits per heavy atom. The molecule has 0 amide bonds. The van der Waals surface area contributed by atoms with Crippen LogP contribution in [0.4, 0.5) is 4.39 Å². The van der Waals surface area contributed by atoms with Gasteiger partial charge in [0.05, 0.1) is 11.3 Å². The summed E-state index contributed by atoms with van der Waals surface area (Å²) in [6.07, 6.45) is 0. The molecule has 1 aliphatic heterocycles. The number of aromatic nitrogens is 2. The molecule has 1 aliphatic rings. The van der Waals surface area contributed by atoms with Gasteiger partial charge in [0.25, 0.3) is 0 Å². The van der Waals surface area contributed by atoms with E-state index in [-0.39, 0.29) is 5.82 Å². The van der Waals surface area contributed by atoms with Crippen LogP contribution in [-0.4, -0.2) is 9.97 Å². The van der Waals surface area contributed by atoms with Gasteiger partial charge in [-0.1, -0.05) is 23.7 Å². The monoisotopic (exact) mass is 249 g/mol. The highest BCUT2D eigenvalue weighted by Crippen LogP contribution is 2.26. The van der Waals surface area contributed by atoms with E-state index in [4.69, 9.17) is 11.6 Å². The summed E-state index contributed by atoms with van der Waals surface area (Å²) < 4.78 is 13.6. The summed E-state index contributed by atoms with van der Waals surface area (Å²) in [7, 11) is 0. The first-order valence-corrected chi connectivity index (χ1v) is 5.64. The van der Waals surface area contributed by atoms with Gasteiger partial charge in [-0.25, -0.2) is 14.4 Å². The van der Waals surface area contributed by atoms with Gasteiger partial charge in [-0.2, -0.15) is 0 Å². The molecule has 0 bridgehead atoms. The van der Waals surface area contributed by atoms with Crippen molar-refractivity contribution in [2.75, 3.05) is 0 Å². The number of nitrogens with zero attached hydrogens (tertiary/aromatic N) is 2. The quantitative estimate of drug-likeness (QED) is 0.790. The van der Waals surface area contributed by atoms with Crippen molar-refractivity contribution in [3.8, 4) is 11.4 Å². The van der Waals surface area contributed by atoms with E-state index in [2.05, 4.69) is 15.3 Å². The molecule has 0 spiro atoms. The van der Waals surface area contributed by atoms with Crippen LogP contribution in [0.2, 0.25) is 5.15 Å². The molecule has 3 nitrogen and oxygen atoms in total. The normalized spacial score (nSPS) is 13.8. The van der Waals surface area contributed by atoms with E-state index in [0.29, 0.717) is 29.6 Å². The summed E-state index contributed by atoms with van der Waals surface area (Å²) in [4.78, 5) is 8.50. The number of nitrogens with one attached hydrogen (secondary N) is 1. The lowest BCUT2D eigenvalue weighted by Gasteiger charge is -2.05. The number of halogens is 2. The van der Waals surface area contributed by atoms with Crippen molar-refractivity contribution in [3.63, 3.8) is 0 Å². The molecule has 1 aromatic heterocycles. The predicted octanol–water partition coefficient (Wildman–Crippen LogP) is 2.54. The summed E-state index contributed by atoms with van der Waals surface area (Å²) >= 11 is 6.06. The number of hydrogen-bond donors (Lipinski definition) is 1. The first-order chi connectivity index (χ1) is 8.25. The number of rotatable bonds is 1. The number of hydrogen-bond acceptors (Lipinski definition) is 3. The Morgan fingerprint density at radius 3 is 2.82 bits per heavy atom. The average molecular weight is 250 g/mol. The molecule has 1 N–H and O–H groups in total. The Morgan fingerprint density at radius 1 is 1.18 bits per heavy atom.